The minimum atomic E-state index is -4.44. The summed E-state index contributed by atoms with van der Waals surface area (Å²) in [6.07, 6.45) is -3.13. The van der Waals surface area contributed by atoms with Crippen LogP contribution in [-0.2, 0) is 17.9 Å². The van der Waals surface area contributed by atoms with Crippen LogP contribution in [0.25, 0.3) is 10.9 Å². The van der Waals surface area contributed by atoms with Crippen molar-refractivity contribution in [2.24, 2.45) is 0 Å². The third-order valence-corrected chi connectivity index (χ3v) is 9.14. The molecule has 0 aliphatic carbocycles. The molecule has 5 N–H and O–H groups in total. The number of aromatic nitrogens is 1. The van der Waals surface area contributed by atoms with Gasteiger partial charge in [0.25, 0.3) is 0 Å². The zero-order valence-corrected chi connectivity index (χ0v) is 26.8. The summed E-state index contributed by atoms with van der Waals surface area (Å²) >= 11 is -1.63. The fourth-order valence-corrected chi connectivity index (χ4v) is 6.75. The molecule has 2 heterocycles. The third-order valence-electron chi connectivity index (χ3n) is 7.64. The molecule has 1 fully saturated rings. The molecule has 2 unspecified atom stereocenters. The standard InChI is InChI=1S/C32H42F3N5O5S/c1-23(43)21-38-13-10-24(11-14-38)37-28-6-3-7-30-27(28)19-25(40(30)22-32(33,34)35)5-4-12-36-29-9-8-26(20-31(29)45-2)46(44)39(15-17-41)16-18-42/h3,6-9,19-20,23-24,36-37,41-43H,10-18,21-22H2,1-2H3. The van der Waals surface area contributed by atoms with Crippen molar-refractivity contribution in [1.82, 2.24) is 13.8 Å². The Balaban J connectivity index is 1.51. The number of aliphatic hydroxyl groups excluding tert-OH is 3. The molecule has 1 aromatic heterocycles. The van der Waals surface area contributed by atoms with Crippen LogP contribution in [0.5, 0.6) is 5.75 Å². The first-order chi connectivity index (χ1) is 22.0. The molecule has 10 nitrogen and oxygen atoms in total. The highest BCUT2D eigenvalue weighted by atomic mass is 32.2. The van der Waals surface area contributed by atoms with Crippen molar-refractivity contribution in [2.45, 2.75) is 49.5 Å². The van der Waals surface area contributed by atoms with E-state index in [-0.39, 0.29) is 44.6 Å². The Hall–Kier alpha value is -3.16. The van der Waals surface area contributed by atoms with Crippen LogP contribution in [0, 0.1) is 11.8 Å². The van der Waals surface area contributed by atoms with Crippen LogP contribution in [0.15, 0.2) is 47.4 Å². The zero-order valence-electron chi connectivity index (χ0n) is 26.0. The lowest BCUT2D eigenvalue weighted by Gasteiger charge is -2.33. The molecule has 1 saturated heterocycles. The van der Waals surface area contributed by atoms with E-state index in [1.807, 2.05) is 6.07 Å². The Morgan fingerprint density at radius 2 is 1.83 bits per heavy atom. The summed E-state index contributed by atoms with van der Waals surface area (Å²) in [5.41, 5.74) is 1.98. The second kappa shape index (κ2) is 16.6. The normalized spacial score (nSPS) is 15.9. The van der Waals surface area contributed by atoms with Crippen LogP contribution in [0.3, 0.4) is 0 Å². The quantitative estimate of drug-likeness (QED) is 0.130. The third kappa shape index (κ3) is 9.68. The lowest BCUT2D eigenvalue weighted by atomic mass is 10.0. The van der Waals surface area contributed by atoms with Gasteiger partial charge in [0.05, 0.1) is 74.3 Å². The molecule has 0 amide bonds. The van der Waals surface area contributed by atoms with E-state index >= 15 is 0 Å². The van der Waals surface area contributed by atoms with Gasteiger partial charge in [-0.3, -0.25) is 0 Å². The number of aliphatic hydroxyl groups is 3. The molecular formula is C32H42F3N5O5S. The molecule has 3 aromatic rings. The maximum Gasteiger partial charge on any atom is 0.406 e. The fourth-order valence-electron chi connectivity index (χ4n) is 5.57. The maximum atomic E-state index is 13.7. The maximum absolute atomic E-state index is 13.7. The number of alkyl halides is 3. The number of methoxy groups -OCH3 is 1. The number of piperidine rings is 1. The predicted octanol–water partition coefficient (Wildman–Crippen LogP) is 3.24. The van der Waals surface area contributed by atoms with Crippen LogP contribution in [0.4, 0.5) is 24.5 Å². The topological polar surface area (TPSA) is 128 Å². The number of halogens is 3. The molecule has 0 spiro atoms. The number of nitrogens with zero attached hydrogens (tertiary/aromatic N) is 3. The highest BCUT2D eigenvalue weighted by Gasteiger charge is 2.30. The summed E-state index contributed by atoms with van der Waals surface area (Å²) in [4.78, 5) is 2.63. The molecule has 1 aliphatic heterocycles. The summed E-state index contributed by atoms with van der Waals surface area (Å²) < 4.78 is 62.0. The summed E-state index contributed by atoms with van der Waals surface area (Å²) in [6.45, 7) is 2.78. The monoisotopic (exact) mass is 665 g/mol. The van der Waals surface area contributed by atoms with Crippen molar-refractivity contribution in [3.63, 3.8) is 0 Å². The van der Waals surface area contributed by atoms with Gasteiger partial charge in [-0.15, -0.1) is 4.31 Å². The molecule has 0 radical (unpaired) electrons. The Labute approximate surface area is 270 Å². The second-order valence-corrected chi connectivity index (χ2v) is 12.7. The molecule has 0 saturated carbocycles. The van der Waals surface area contributed by atoms with Crippen LogP contribution in [0.1, 0.15) is 25.5 Å². The van der Waals surface area contributed by atoms with E-state index in [1.165, 1.54) is 16.0 Å². The minimum absolute atomic E-state index is 0.101. The molecular weight excluding hydrogens is 623 g/mol. The number of β-amino-alcohol motifs (C(OH)–C–C–N with tert-alkyl or cyclic N) is 1. The first-order valence-electron chi connectivity index (χ1n) is 15.2. The molecule has 0 bridgehead atoms. The fraction of sp³-hybridized carbons (Fsp3) is 0.500. The number of fused-ring (bicyclic) bond motifs is 1. The second-order valence-electron chi connectivity index (χ2n) is 11.2. The highest BCUT2D eigenvalue weighted by Crippen LogP contribution is 2.32. The smallest absolute Gasteiger partial charge is 0.406 e. The first kappa shape index (κ1) is 35.7. The Bertz CT molecular complexity index is 1480. The van der Waals surface area contributed by atoms with Gasteiger partial charge < -0.3 is 44.7 Å². The number of hydrogen-bond donors (Lipinski definition) is 5. The van der Waals surface area contributed by atoms with Crippen molar-refractivity contribution in [1.29, 1.82) is 0 Å². The molecule has 4 rings (SSSR count). The number of likely N-dealkylation sites (tertiary alicyclic amines) is 1. The van der Waals surface area contributed by atoms with Gasteiger partial charge in [0.15, 0.2) is 4.90 Å². The summed E-state index contributed by atoms with van der Waals surface area (Å²) in [6, 6.07) is 12.0. The predicted molar refractivity (Wildman–Crippen MR) is 173 cm³/mol. The number of nitrogens with one attached hydrogen (secondary N) is 2. The van der Waals surface area contributed by atoms with Gasteiger partial charge in [0.2, 0.25) is 0 Å². The van der Waals surface area contributed by atoms with Crippen LogP contribution in [-0.4, -0.2) is 112 Å². The zero-order chi connectivity index (χ0) is 33.3. The molecule has 252 valence electrons. The molecule has 46 heavy (non-hydrogen) atoms. The summed E-state index contributed by atoms with van der Waals surface area (Å²) in [5.74, 6) is 6.22. The van der Waals surface area contributed by atoms with Gasteiger partial charge in [0.1, 0.15) is 12.3 Å². The molecule has 1 aliphatic rings. The number of benzene rings is 2. The Kier molecular flexibility index (Phi) is 12.9. The Morgan fingerprint density at radius 3 is 2.46 bits per heavy atom. The first-order valence-corrected chi connectivity index (χ1v) is 16.3. The number of hydrogen-bond acceptors (Lipinski definition) is 9. The number of rotatable bonds is 14. The molecule has 2 aromatic carbocycles. The van der Waals surface area contributed by atoms with E-state index < -0.39 is 30.2 Å². The van der Waals surface area contributed by atoms with Crippen molar-refractivity contribution >= 4 is 33.6 Å². The van der Waals surface area contributed by atoms with E-state index in [0.29, 0.717) is 33.8 Å². The molecule has 2 atom stereocenters. The SMILES string of the molecule is COc1cc([S+]([O-])N(CCO)CCO)ccc1NCC#Cc1cc2c(NC3CCN(CC(C)O)CC3)cccc2n1CC(F)(F)F. The van der Waals surface area contributed by atoms with Gasteiger partial charge in [-0.25, -0.2) is 0 Å². The van der Waals surface area contributed by atoms with Crippen LogP contribution < -0.4 is 15.4 Å². The Morgan fingerprint density at radius 1 is 1.11 bits per heavy atom. The highest BCUT2D eigenvalue weighted by molar-refractivity contribution is 7.89. The summed E-state index contributed by atoms with van der Waals surface area (Å²) in [5, 5.41) is 35.5. The van der Waals surface area contributed by atoms with Crippen molar-refractivity contribution in [2.75, 3.05) is 70.2 Å². The van der Waals surface area contributed by atoms with Crippen LogP contribution >= 0.6 is 0 Å². The van der Waals surface area contributed by atoms with Crippen molar-refractivity contribution in [3.05, 3.63) is 48.2 Å². The van der Waals surface area contributed by atoms with E-state index in [9.17, 15) is 33.0 Å². The van der Waals surface area contributed by atoms with Crippen molar-refractivity contribution < 1.29 is 37.8 Å². The van der Waals surface area contributed by atoms with Gasteiger partial charge in [-0.1, -0.05) is 12.0 Å². The van der Waals surface area contributed by atoms with Gasteiger partial charge in [-0.2, -0.15) is 13.2 Å². The van der Waals surface area contributed by atoms with E-state index in [2.05, 4.69) is 27.4 Å². The van der Waals surface area contributed by atoms with E-state index in [1.54, 1.807) is 43.3 Å². The average molecular weight is 666 g/mol. The minimum Gasteiger partial charge on any atom is -0.593 e. The van der Waals surface area contributed by atoms with Crippen LogP contribution in [0.2, 0.25) is 0 Å². The largest absolute Gasteiger partial charge is 0.593 e. The number of anilines is 2. The van der Waals surface area contributed by atoms with E-state index in [0.717, 1.165) is 31.6 Å². The van der Waals surface area contributed by atoms with Gasteiger partial charge >= 0.3 is 6.18 Å². The molecule has 14 heteroatoms. The number of ether oxygens (including phenoxy) is 1. The lowest BCUT2D eigenvalue weighted by molar-refractivity contribution is -0.140. The lowest BCUT2D eigenvalue weighted by Crippen LogP contribution is -2.41. The average Bonchev–Trinajstić information content (AvgIpc) is 3.36. The van der Waals surface area contributed by atoms with Gasteiger partial charge in [0, 0.05) is 42.8 Å². The van der Waals surface area contributed by atoms with E-state index in [4.69, 9.17) is 4.74 Å². The van der Waals surface area contributed by atoms with Gasteiger partial charge in [-0.05, 0) is 56.0 Å². The summed E-state index contributed by atoms with van der Waals surface area (Å²) in [7, 11) is 1.46. The van der Waals surface area contributed by atoms with Crippen molar-refractivity contribution in [3.8, 4) is 17.6 Å².